The minimum atomic E-state index is -1.06. The summed E-state index contributed by atoms with van der Waals surface area (Å²) in [6, 6.07) is 8.39. The number of carboxylic acid groups (broad SMARTS) is 1. The average molecular weight is 273 g/mol. The molecule has 0 fully saturated rings. The molecule has 2 aromatic rings. The molecule has 2 rings (SSSR count). The number of fused-ring (bicyclic) bond motifs is 1. The first-order valence-electron chi connectivity index (χ1n) is 6.86. The molecule has 0 aliphatic heterocycles. The van der Waals surface area contributed by atoms with E-state index in [4.69, 9.17) is 0 Å². The molecule has 0 unspecified atom stereocenters. The lowest BCUT2D eigenvalue weighted by Crippen LogP contribution is -2.22. The first kappa shape index (κ1) is 14.3. The van der Waals surface area contributed by atoms with Crippen molar-refractivity contribution in [1.29, 1.82) is 0 Å². The fraction of sp³-hybridized carbons (Fsp3) is 0.375. The van der Waals surface area contributed by atoms with Crippen molar-refractivity contribution in [2.24, 2.45) is 5.92 Å². The van der Waals surface area contributed by atoms with E-state index in [0.29, 0.717) is 23.4 Å². The van der Waals surface area contributed by atoms with Crippen LogP contribution in [-0.4, -0.2) is 15.6 Å². The van der Waals surface area contributed by atoms with Gasteiger partial charge >= 0.3 is 5.97 Å². The van der Waals surface area contributed by atoms with Gasteiger partial charge in [0.25, 0.3) is 5.56 Å². The fourth-order valence-electron chi connectivity index (χ4n) is 2.40. The Morgan fingerprint density at radius 2 is 2.00 bits per heavy atom. The molecule has 0 saturated carbocycles. The molecule has 0 amide bonds. The summed E-state index contributed by atoms with van der Waals surface area (Å²) in [5, 5.41) is 9.81. The third-order valence-corrected chi connectivity index (χ3v) is 3.41. The molecule has 1 heterocycles. The van der Waals surface area contributed by atoms with Crippen LogP contribution in [0.1, 0.15) is 37.0 Å². The fourth-order valence-corrected chi connectivity index (χ4v) is 2.40. The van der Waals surface area contributed by atoms with Crippen LogP contribution < -0.4 is 5.56 Å². The summed E-state index contributed by atoms with van der Waals surface area (Å²) in [4.78, 5) is 23.4. The number of benzene rings is 1. The van der Waals surface area contributed by atoms with Gasteiger partial charge in [-0.3, -0.25) is 4.79 Å². The Labute approximate surface area is 117 Å². The maximum Gasteiger partial charge on any atom is 0.336 e. The molecule has 4 nitrogen and oxygen atoms in total. The van der Waals surface area contributed by atoms with E-state index in [1.807, 2.05) is 6.07 Å². The van der Waals surface area contributed by atoms with Crippen molar-refractivity contribution >= 4 is 16.9 Å². The second-order valence-corrected chi connectivity index (χ2v) is 5.41. The van der Waals surface area contributed by atoms with Gasteiger partial charge in [0.1, 0.15) is 0 Å². The first-order chi connectivity index (χ1) is 9.50. The van der Waals surface area contributed by atoms with E-state index in [-0.39, 0.29) is 11.1 Å². The molecule has 0 spiro atoms. The summed E-state index contributed by atoms with van der Waals surface area (Å²) in [7, 11) is 0. The molecule has 0 aliphatic rings. The summed E-state index contributed by atoms with van der Waals surface area (Å²) in [5.41, 5.74) is 0.525. The normalized spacial score (nSPS) is 11.2. The Balaban J connectivity index is 2.50. The van der Waals surface area contributed by atoms with Gasteiger partial charge in [0.05, 0.1) is 11.1 Å². The Hall–Kier alpha value is -2.10. The number of nitrogens with zero attached hydrogens (tertiary/aromatic N) is 1. The average Bonchev–Trinajstić information content (AvgIpc) is 2.40. The second kappa shape index (κ2) is 5.90. The molecule has 0 bridgehead atoms. The number of aromatic carboxylic acids is 1. The van der Waals surface area contributed by atoms with Crippen LogP contribution in [-0.2, 0) is 6.54 Å². The summed E-state index contributed by atoms with van der Waals surface area (Å²) >= 11 is 0. The molecule has 106 valence electrons. The number of carbonyl (C=O) groups is 1. The van der Waals surface area contributed by atoms with Crippen molar-refractivity contribution in [2.45, 2.75) is 33.2 Å². The predicted molar refractivity (Wildman–Crippen MR) is 79.2 cm³/mol. The number of carboxylic acids is 1. The topological polar surface area (TPSA) is 59.3 Å². The minimum Gasteiger partial charge on any atom is -0.478 e. The molecule has 0 saturated heterocycles. The van der Waals surface area contributed by atoms with Crippen LogP contribution in [0.15, 0.2) is 35.1 Å². The van der Waals surface area contributed by atoms with Gasteiger partial charge in [0, 0.05) is 18.0 Å². The number of rotatable bonds is 5. The number of aromatic nitrogens is 1. The Bertz CT molecular complexity index is 686. The molecule has 1 N–H and O–H groups in total. The highest BCUT2D eigenvalue weighted by Crippen LogP contribution is 2.17. The number of hydrogen-bond acceptors (Lipinski definition) is 2. The van der Waals surface area contributed by atoms with Crippen LogP contribution in [0.4, 0.5) is 0 Å². The molecular weight excluding hydrogens is 254 g/mol. The summed E-state index contributed by atoms with van der Waals surface area (Å²) in [5.74, 6) is -0.470. The van der Waals surface area contributed by atoms with E-state index in [1.165, 1.54) is 6.07 Å². The number of aryl methyl sites for hydroxylation is 1. The highest BCUT2D eigenvalue weighted by molar-refractivity contribution is 6.02. The molecule has 0 radical (unpaired) electrons. The summed E-state index contributed by atoms with van der Waals surface area (Å²) in [6.07, 6.45) is 1.95. The molecule has 0 atom stereocenters. The van der Waals surface area contributed by atoms with Crippen LogP contribution in [0.5, 0.6) is 0 Å². The van der Waals surface area contributed by atoms with Crippen LogP contribution in [0, 0.1) is 5.92 Å². The Morgan fingerprint density at radius 1 is 1.30 bits per heavy atom. The van der Waals surface area contributed by atoms with Gasteiger partial charge in [0.2, 0.25) is 0 Å². The third-order valence-electron chi connectivity index (χ3n) is 3.41. The van der Waals surface area contributed by atoms with Crippen LogP contribution in [0.3, 0.4) is 0 Å². The maximum atomic E-state index is 12.1. The molecule has 1 aromatic heterocycles. The lowest BCUT2D eigenvalue weighted by atomic mass is 10.1. The summed E-state index contributed by atoms with van der Waals surface area (Å²) < 4.78 is 1.67. The standard InChI is InChI=1S/C16H19NO3/c1-11(2)6-5-9-17-14-8-4-3-7-12(14)13(16(19)20)10-15(17)18/h3-4,7-8,10-11H,5-6,9H2,1-2H3,(H,19,20). The van der Waals surface area contributed by atoms with Gasteiger partial charge in [-0.2, -0.15) is 0 Å². The van der Waals surface area contributed by atoms with Gasteiger partial charge in [-0.05, 0) is 24.8 Å². The highest BCUT2D eigenvalue weighted by atomic mass is 16.4. The predicted octanol–water partition coefficient (Wildman–Crippen LogP) is 3.14. The zero-order valence-corrected chi connectivity index (χ0v) is 11.8. The molecular formula is C16H19NO3. The van der Waals surface area contributed by atoms with E-state index in [1.54, 1.807) is 22.8 Å². The quantitative estimate of drug-likeness (QED) is 0.910. The van der Waals surface area contributed by atoms with Crippen molar-refractivity contribution in [3.63, 3.8) is 0 Å². The Morgan fingerprint density at radius 3 is 2.65 bits per heavy atom. The minimum absolute atomic E-state index is 0.0747. The SMILES string of the molecule is CC(C)CCCn1c(=O)cc(C(=O)O)c2ccccc21. The maximum absolute atomic E-state index is 12.1. The van der Waals surface area contributed by atoms with E-state index in [0.717, 1.165) is 12.8 Å². The second-order valence-electron chi connectivity index (χ2n) is 5.41. The first-order valence-corrected chi connectivity index (χ1v) is 6.86. The lowest BCUT2D eigenvalue weighted by molar-refractivity contribution is 0.0698. The largest absolute Gasteiger partial charge is 0.478 e. The zero-order valence-electron chi connectivity index (χ0n) is 11.8. The third kappa shape index (κ3) is 2.90. The smallest absolute Gasteiger partial charge is 0.336 e. The Kier molecular flexibility index (Phi) is 4.23. The van der Waals surface area contributed by atoms with Gasteiger partial charge in [-0.25, -0.2) is 4.79 Å². The highest BCUT2D eigenvalue weighted by Gasteiger charge is 2.13. The van der Waals surface area contributed by atoms with Crippen molar-refractivity contribution in [2.75, 3.05) is 0 Å². The molecule has 4 heteroatoms. The van der Waals surface area contributed by atoms with Crippen molar-refractivity contribution in [3.8, 4) is 0 Å². The van der Waals surface area contributed by atoms with Gasteiger partial charge in [-0.15, -0.1) is 0 Å². The van der Waals surface area contributed by atoms with Crippen LogP contribution >= 0.6 is 0 Å². The number of pyridine rings is 1. The van der Waals surface area contributed by atoms with Crippen LogP contribution in [0.2, 0.25) is 0 Å². The summed E-state index contributed by atoms with van der Waals surface area (Å²) in [6.45, 7) is 4.92. The van der Waals surface area contributed by atoms with Crippen LogP contribution in [0.25, 0.3) is 10.9 Å². The van der Waals surface area contributed by atoms with Crippen molar-refractivity contribution < 1.29 is 9.90 Å². The van der Waals surface area contributed by atoms with Gasteiger partial charge in [0.15, 0.2) is 0 Å². The number of hydrogen-bond donors (Lipinski definition) is 1. The lowest BCUT2D eigenvalue weighted by Gasteiger charge is -2.12. The van der Waals surface area contributed by atoms with Crippen molar-refractivity contribution in [1.82, 2.24) is 4.57 Å². The number of para-hydroxylation sites is 1. The van der Waals surface area contributed by atoms with E-state index >= 15 is 0 Å². The molecule has 20 heavy (non-hydrogen) atoms. The van der Waals surface area contributed by atoms with E-state index < -0.39 is 5.97 Å². The molecule has 0 aliphatic carbocycles. The monoisotopic (exact) mass is 273 g/mol. The van der Waals surface area contributed by atoms with E-state index in [2.05, 4.69) is 13.8 Å². The van der Waals surface area contributed by atoms with Crippen molar-refractivity contribution in [3.05, 3.63) is 46.2 Å². The van der Waals surface area contributed by atoms with E-state index in [9.17, 15) is 14.7 Å². The van der Waals surface area contributed by atoms with Gasteiger partial charge in [-0.1, -0.05) is 32.0 Å². The zero-order chi connectivity index (χ0) is 14.7. The molecule has 1 aromatic carbocycles. The van der Waals surface area contributed by atoms with Gasteiger partial charge < -0.3 is 9.67 Å².